The van der Waals surface area contributed by atoms with Crippen LogP contribution in [-0.2, 0) is 15.7 Å². The van der Waals surface area contributed by atoms with Crippen LogP contribution in [0.3, 0.4) is 0 Å². The van der Waals surface area contributed by atoms with Crippen molar-refractivity contribution < 1.29 is 18.5 Å². The topological polar surface area (TPSA) is 72.6 Å². The molecule has 0 saturated heterocycles. The van der Waals surface area contributed by atoms with Crippen molar-refractivity contribution in [2.24, 2.45) is 0 Å². The molecule has 2 aromatic carbocycles. The second-order valence-electron chi connectivity index (χ2n) is 4.96. The highest BCUT2D eigenvalue weighted by molar-refractivity contribution is 7.32. The predicted octanol–water partition coefficient (Wildman–Crippen LogP) is 5.21. The van der Waals surface area contributed by atoms with E-state index in [1.165, 1.54) is 0 Å². The molecule has 5 nitrogen and oxygen atoms in total. The van der Waals surface area contributed by atoms with Crippen molar-refractivity contribution in [2.75, 3.05) is 0 Å². The average molecular weight is 384 g/mol. The van der Waals surface area contributed by atoms with E-state index in [4.69, 9.17) is 37.1 Å². The van der Waals surface area contributed by atoms with E-state index in [2.05, 4.69) is 5.16 Å². The molecule has 0 bridgehead atoms. The smallest absolute Gasteiger partial charge is 0.316 e. The number of nitrogens with zero attached hydrogens (tertiary/aromatic N) is 1. The molecule has 0 fully saturated rings. The largest absolute Gasteiger partial charge is 0.356 e. The monoisotopic (exact) mass is 383 g/mol. The van der Waals surface area contributed by atoms with Gasteiger partial charge in [0.1, 0.15) is 5.69 Å². The standard InChI is InChI=1S/C16H12Cl2NO4P/c17-13-6-5-12(7-14(13)18)15-8-16(23-19-15)11-3-1-10(2-4-11)9-22-24(20)21/h1-8,24H,9H2,(H,20,21). The first-order valence-corrected chi connectivity index (χ1v) is 8.92. The highest BCUT2D eigenvalue weighted by Gasteiger charge is 2.10. The summed E-state index contributed by atoms with van der Waals surface area (Å²) in [7, 11) is -2.93. The van der Waals surface area contributed by atoms with Crippen LogP contribution < -0.4 is 0 Å². The Labute approximate surface area is 148 Å². The Kier molecular flexibility index (Phi) is 5.39. The Hall–Kier alpha value is -1.62. The highest BCUT2D eigenvalue weighted by atomic mass is 35.5. The van der Waals surface area contributed by atoms with E-state index < -0.39 is 8.25 Å². The molecular formula is C16H12Cl2NO4P. The third kappa shape index (κ3) is 4.07. The third-order valence-electron chi connectivity index (χ3n) is 3.33. The van der Waals surface area contributed by atoms with Gasteiger partial charge < -0.3 is 13.9 Å². The molecule has 0 aliphatic rings. The van der Waals surface area contributed by atoms with Gasteiger partial charge in [0.25, 0.3) is 0 Å². The minimum atomic E-state index is -2.93. The van der Waals surface area contributed by atoms with Crippen molar-refractivity contribution in [1.82, 2.24) is 5.16 Å². The molecule has 3 aromatic rings. The van der Waals surface area contributed by atoms with Crippen molar-refractivity contribution in [3.05, 3.63) is 64.1 Å². The maximum atomic E-state index is 10.6. The van der Waals surface area contributed by atoms with Gasteiger partial charge in [-0.1, -0.05) is 58.7 Å². The Morgan fingerprint density at radius 3 is 2.42 bits per heavy atom. The predicted molar refractivity (Wildman–Crippen MR) is 93.4 cm³/mol. The fourth-order valence-electron chi connectivity index (χ4n) is 2.11. The number of halogens is 2. The van der Waals surface area contributed by atoms with Gasteiger partial charge in [-0.2, -0.15) is 0 Å². The zero-order valence-electron chi connectivity index (χ0n) is 12.2. The molecular weight excluding hydrogens is 372 g/mol. The molecule has 8 heteroatoms. The number of benzene rings is 2. The maximum Gasteiger partial charge on any atom is 0.316 e. The first-order valence-electron chi connectivity index (χ1n) is 6.90. The lowest BCUT2D eigenvalue weighted by Gasteiger charge is -2.01. The summed E-state index contributed by atoms with van der Waals surface area (Å²) < 4.78 is 20.6. The third-order valence-corrected chi connectivity index (χ3v) is 4.46. The van der Waals surface area contributed by atoms with Crippen molar-refractivity contribution >= 4 is 31.5 Å². The first-order chi connectivity index (χ1) is 11.5. The molecule has 3 rings (SSSR count). The van der Waals surface area contributed by atoms with Gasteiger partial charge in [-0.25, -0.2) is 0 Å². The van der Waals surface area contributed by atoms with Crippen molar-refractivity contribution in [3.8, 4) is 22.6 Å². The van der Waals surface area contributed by atoms with E-state index in [0.717, 1.165) is 16.7 Å². The summed E-state index contributed by atoms with van der Waals surface area (Å²) in [6.07, 6.45) is 0. The quantitative estimate of drug-likeness (QED) is 0.611. The highest BCUT2D eigenvalue weighted by Crippen LogP contribution is 2.30. The second-order valence-corrected chi connectivity index (χ2v) is 6.59. The molecule has 1 heterocycles. The molecule has 0 radical (unpaired) electrons. The van der Waals surface area contributed by atoms with Gasteiger partial charge in [-0.3, -0.25) is 4.57 Å². The molecule has 24 heavy (non-hydrogen) atoms. The van der Waals surface area contributed by atoms with Gasteiger partial charge in [-0.15, -0.1) is 0 Å². The number of hydrogen-bond acceptors (Lipinski definition) is 4. The van der Waals surface area contributed by atoms with E-state index in [-0.39, 0.29) is 6.61 Å². The van der Waals surface area contributed by atoms with Crippen molar-refractivity contribution in [1.29, 1.82) is 0 Å². The zero-order valence-corrected chi connectivity index (χ0v) is 14.7. The average Bonchev–Trinajstić information content (AvgIpc) is 3.06. The Morgan fingerprint density at radius 1 is 1.04 bits per heavy atom. The molecule has 0 saturated carbocycles. The van der Waals surface area contributed by atoms with Gasteiger partial charge in [-0.05, 0) is 17.7 Å². The van der Waals surface area contributed by atoms with E-state index in [1.54, 1.807) is 30.3 Å². The van der Waals surface area contributed by atoms with Crippen molar-refractivity contribution in [3.63, 3.8) is 0 Å². The summed E-state index contributed by atoms with van der Waals surface area (Å²) in [5, 5.41) is 4.97. The molecule has 1 N–H and O–H groups in total. The molecule has 1 aromatic heterocycles. The van der Waals surface area contributed by atoms with Gasteiger partial charge >= 0.3 is 8.25 Å². The summed E-state index contributed by atoms with van der Waals surface area (Å²) in [5.41, 5.74) is 3.07. The summed E-state index contributed by atoms with van der Waals surface area (Å²) in [5.74, 6) is 0.597. The molecule has 1 unspecified atom stereocenters. The normalized spacial score (nSPS) is 12.3. The minimum Gasteiger partial charge on any atom is -0.356 e. The van der Waals surface area contributed by atoms with Crippen LogP contribution in [0.5, 0.6) is 0 Å². The van der Waals surface area contributed by atoms with Crippen LogP contribution in [0.2, 0.25) is 10.0 Å². The SMILES string of the molecule is O=[PH](O)OCc1ccc(-c2cc(-c3ccc(Cl)c(Cl)c3)no2)cc1. The fourth-order valence-corrected chi connectivity index (χ4v) is 2.70. The molecule has 0 amide bonds. The lowest BCUT2D eigenvalue weighted by atomic mass is 10.1. The summed E-state index contributed by atoms with van der Waals surface area (Å²) in [6.45, 7) is 0.0828. The van der Waals surface area contributed by atoms with Crippen LogP contribution in [0.1, 0.15) is 5.56 Å². The molecule has 0 spiro atoms. The van der Waals surface area contributed by atoms with E-state index in [1.807, 2.05) is 18.2 Å². The summed E-state index contributed by atoms with van der Waals surface area (Å²) >= 11 is 11.9. The van der Waals surface area contributed by atoms with Crippen LogP contribution in [-0.4, -0.2) is 10.1 Å². The van der Waals surface area contributed by atoms with Crippen LogP contribution in [0, 0.1) is 0 Å². The van der Waals surface area contributed by atoms with Gasteiger partial charge in [0.15, 0.2) is 5.76 Å². The second kappa shape index (κ2) is 7.51. The van der Waals surface area contributed by atoms with Crippen LogP contribution in [0.15, 0.2) is 53.1 Å². The van der Waals surface area contributed by atoms with Gasteiger partial charge in [0, 0.05) is 17.2 Å². The first kappa shape index (κ1) is 17.2. The molecule has 124 valence electrons. The van der Waals surface area contributed by atoms with Crippen LogP contribution >= 0.6 is 31.5 Å². The lowest BCUT2D eigenvalue weighted by Crippen LogP contribution is -1.85. The molecule has 1 atom stereocenters. The van der Waals surface area contributed by atoms with E-state index in [0.29, 0.717) is 21.5 Å². The summed E-state index contributed by atoms with van der Waals surface area (Å²) in [6, 6.07) is 14.3. The lowest BCUT2D eigenvalue weighted by molar-refractivity contribution is 0.272. The maximum absolute atomic E-state index is 10.6. The Morgan fingerprint density at radius 2 is 1.75 bits per heavy atom. The zero-order chi connectivity index (χ0) is 17.1. The van der Waals surface area contributed by atoms with Gasteiger partial charge in [0.05, 0.1) is 16.7 Å². The fraction of sp³-hybridized carbons (Fsp3) is 0.0625. The van der Waals surface area contributed by atoms with E-state index in [9.17, 15) is 4.57 Å². The van der Waals surface area contributed by atoms with E-state index >= 15 is 0 Å². The number of rotatable bonds is 5. The summed E-state index contributed by atoms with van der Waals surface area (Å²) in [4.78, 5) is 8.68. The number of aromatic nitrogens is 1. The van der Waals surface area contributed by atoms with Crippen LogP contribution in [0.25, 0.3) is 22.6 Å². The minimum absolute atomic E-state index is 0.0828. The Balaban J connectivity index is 1.80. The number of hydrogen-bond donors (Lipinski definition) is 1. The Bertz CT molecular complexity index is 880. The molecule has 0 aliphatic heterocycles. The van der Waals surface area contributed by atoms with Gasteiger partial charge in [0.2, 0.25) is 0 Å². The molecule has 0 aliphatic carbocycles. The van der Waals surface area contributed by atoms with Crippen LogP contribution in [0.4, 0.5) is 0 Å². The van der Waals surface area contributed by atoms with Crippen molar-refractivity contribution in [2.45, 2.75) is 6.61 Å².